The lowest BCUT2D eigenvalue weighted by Crippen LogP contribution is -2.06. The van der Waals surface area contributed by atoms with Gasteiger partial charge in [-0.3, -0.25) is 0 Å². The molecule has 0 atom stereocenters. The molecule has 0 amide bonds. The first-order valence-electron chi connectivity index (χ1n) is 10.3. The molecular formula is C24H30N4. The average molecular weight is 375 g/mol. The van der Waals surface area contributed by atoms with Crippen LogP contribution >= 0.6 is 0 Å². The molecule has 0 aliphatic rings. The van der Waals surface area contributed by atoms with Gasteiger partial charge in [-0.15, -0.1) is 0 Å². The number of aryl methyl sites for hydroxylation is 7. The topological polar surface area (TPSA) is 35.1 Å². The van der Waals surface area contributed by atoms with Crippen LogP contribution in [0.5, 0.6) is 0 Å². The number of rotatable bonds is 4. The second-order valence-electron chi connectivity index (χ2n) is 8.04. The molecule has 4 aromatic rings. The van der Waals surface area contributed by atoms with E-state index < -0.39 is 0 Å². The molecule has 0 radical (unpaired) electrons. The van der Waals surface area contributed by atoms with E-state index in [1.807, 2.05) is 0 Å². The fraction of sp³-hybridized carbons (Fsp3) is 0.417. The van der Waals surface area contributed by atoms with Crippen LogP contribution in [-0.4, -0.2) is 19.2 Å². The predicted molar refractivity (Wildman–Crippen MR) is 117 cm³/mol. The van der Waals surface area contributed by atoms with E-state index >= 15 is 0 Å². The number of benzene rings is 1. The number of nitrogens with zero attached hydrogens (tertiary/aromatic N) is 4. The standard InChI is InChI=1S/C24H30N4/c1-8-10-27-19(9-2)13-20-17(6)25-23-22(18(7)26-28(23)24(20)27)21-15(4)11-14(3)12-16(21)5/h11-13H,8-10H2,1-7H3. The molecule has 146 valence electrons. The minimum atomic E-state index is 0.968. The van der Waals surface area contributed by atoms with Gasteiger partial charge in [0.15, 0.2) is 5.65 Å². The van der Waals surface area contributed by atoms with Crippen LogP contribution in [0.4, 0.5) is 0 Å². The predicted octanol–water partition coefficient (Wildman–Crippen LogP) is 5.87. The van der Waals surface area contributed by atoms with Crippen molar-refractivity contribution in [3.05, 3.63) is 52.0 Å². The Balaban J connectivity index is 2.15. The molecular weight excluding hydrogens is 344 g/mol. The summed E-state index contributed by atoms with van der Waals surface area (Å²) >= 11 is 0. The van der Waals surface area contributed by atoms with Gasteiger partial charge in [0, 0.05) is 17.6 Å². The maximum atomic E-state index is 5.04. The molecule has 4 heteroatoms. The molecule has 4 nitrogen and oxygen atoms in total. The lowest BCUT2D eigenvalue weighted by Gasteiger charge is -2.12. The largest absolute Gasteiger partial charge is 0.329 e. The van der Waals surface area contributed by atoms with Crippen molar-refractivity contribution < 1.29 is 0 Å². The Morgan fingerprint density at radius 3 is 2.14 bits per heavy atom. The number of hydrogen-bond donors (Lipinski definition) is 0. The highest BCUT2D eigenvalue weighted by molar-refractivity contribution is 5.90. The molecule has 1 aromatic carbocycles. The zero-order valence-corrected chi connectivity index (χ0v) is 18.1. The van der Waals surface area contributed by atoms with Gasteiger partial charge in [-0.25, -0.2) is 4.98 Å². The van der Waals surface area contributed by atoms with Crippen molar-refractivity contribution in [2.75, 3.05) is 0 Å². The van der Waals surface area contributed by atoms with Crippen LogP contribution in [0.25, 0.3) is 27.8 Å². The van der Waals surface area contributed by atoms with Crippen LogP contribution < -0.4 is 0 Å². The van der Waals surface area contributed by atoms with Gasteiger partial charge in [-0.2, -0.15) is 9.61 Å². The first kappa shape index (κ1) is 18.7. The molecule has 3 aromatic heterocycles. The van der Waals surface area contributed by atoms with Crippen molar-refractivity contribution in [2.45, 2.75) is 67.9 Å². The van der Waals surface area contributed by atoms with Crippen molar-refractivity contribution in [2.24, 2.45) is 0 Å². The molecule has 4 rings (SSSR count). The second kappa shape index (κ2) is 6.77. The van der Waals surface area contributed by atoms with Crippen LogP contribution in [0.15, 0.2) is 18.2 Å². The Hall–Kier alpha value is -2.62. The summed E-state index contributed by atoms with van der Waals surface area (Å²) in [5, 5.41) is 6.20. The maximum Gasteiger partial charge on any atom is 0.165 e. The number of fused-ring (bicyclic) bond motifs is 3. The Morgan fingerprint density at radius 2 is 1.54 bits per heavy atom. The highest BCUT2D eigenvalue weighted by Gasteiger charge is 2.22. The molecule has 3 heterocycles. The molecule has 0 unspecified atom stereocenters. The van der Waals surface area contributed by atoms with Crippen LogP contribution in [0.2, 0.25) is 0 Å². The molecule has 0 saturated heterocycles. The third-order valence-electron chi connectivity index (χ3n) is 5.79. The summed E-state index contributed by atoms with van der Waals surface area (Å²) in [6, 6.07) is 6.81. The number of hydrogen-bond acceptors (Lipinski definition) is 2. The Kier molecular flexibility index (Phi) is 4.53. The van der Waals surface area contributed by atoms with Gasteiger partial charge in [0.2, 0.25) is 0 Å². The van der Waals surface area contributed by atoms with Crippen molar-refractivity contribution >= 4 is 16.7 Å². The number of aromatic nitrogens is 4. The van der Waals surface area contributed by atoms with Crippen molar-refractivity contribution in [1.82, 2.24) is 19.2 Å². The lowest BCUT2D eigenvalue weighted by atomic mass is 9.94. The highest BCUT2D eigenvalue weighted by Crippen LogP contribution is 2.35. The first-order valence-corrected chi connectivity index (χ1v) is 10.3. The van der Waals surface area contributed by atoms with Gasteiger partial charge in [-0.1, -0.05) is 31.5 Å². The fourth-order valence-electron chi connectivity index (χ4n) is 4.70. The molecule has 28 heavy (non-hydrogen) atoms. The van der Waals surface area contributed by atoms with Gasteiger partial charge in [0.05, 0.1) is 17.0 Å². The minimum Gasteiger partial charge on any atom is -0.329 e. The smallest absolute Gasteiger partial charge is 0.165 e. The first-order chi connectivity index (χ1) is 13.4. The van der Waals surface area contributed by atoms with Crippen LogP contribution in [-0.2, 0) is 13.0 Å². The second-order valence-corrected chi connectivity index (χ2v) is 8.04. The van der Waals surface area contributed by atoms with Gasteiger partial charge < -0.3 is 4.57 Å². The van der Waals surface area contributed by atoms with E-state index in [4.69, 9.17) is 10.1 Å². The molecule has 0 bridgehead atoms. The summed E-state index contributed by atoms with van der Waals surface area (Å²) in [4.78, 5) is 5.04. The summed E-state index contributed by atoms with van der Waals surface area (Å²) in [5.41, 5.74) is 11.9. The van der Waals surface area contributed by atoms with E-state index in [1.165, 1.54) is 44.5 Å². The lowest BCUT2D eigenvalue weighted by molar-refractivity contribution is 0.658. The zero-order chi connectivity index (χ0) is 20.2. The fourth-order valence-corrected chi connectivity index (χ4v) is 4.70. The zero-order valence-electron chi connectivity index (χ0n) is 18.1. The monoisotopic (exact) mass is 374 g/mol. The van der Waals surface area contributed by atoms with E-state index in [-0.39, 0.29) is 0 Å². The SMILES string of the molecule is CCCn1c(CC)cc2c(C)nc3c(-c4c(C)cc(C)cc4C)c(C)nn3c21. The minimum absolute atomic E-state index is 0.968. The molecule has 0 fully saturated rings. The third kappa shape index (κ3) is 2.66. The van der Waals surface area contributed by atoms with E-state index in [1.54, 1.807) is 0 Å². The maximum absolute atomic E-state index is 5.04. The van der Waals surface area contributed by atoms with E-state index in [9.17, 15) is 0 Å². The normalized spacial score (nSPS) is 11.8. The third-order valence-corrected chi connectivity index (χ3v) is 5.79. The van der Waals surface area contributed by atoms with E-state index in [0.717, 1.165) is 36.4 Å². The summed E-state index contributed by atoms with van der Waals surface area (Å²) in [6.45, 7) is 16.2. The summed E-state index contributed by atoms with van der Waals surface area (Å²) in [6.07, 6.45) is 2.11. The summed E-state index contributed by atoms with van der Waals surface area (Å²) < 4.78 is 4.52. The Bertz CT molecular complexity index is 1180. The van der Waals surface area contributed by atoms with Crippen LogP contribution in [0.1, 0.15) is 54.0 Å². The summed E-state index contributed by atoms with van der Waals surface area (Å²) in [5.74, 6) is 0. The molecule has 0 saturated carbocycles. The molecule has 0 spiro atoms. The van der Waals surface area contributed by atoms with Crippen LogP contribution in [0.3, 0.4) is 0 Å². The van der Waals surface area contributed by atoms with Gasteiger partial charge in [-0.05, 0) is 70.2 Å². The van der Waals surface area contributed by atoms with Gasteiger partial charge in [0.1, 0.15) is 5.65 Å². The van der Waals surface area contributed by atoms with E-state index in [2.05, 4.69) is 75.7 Å². The summed E-state index contributed by atoms with van der Waals surface area (Å²) in [7, 11) is 0. The molecule has 0 N–H and O–H groups in total. The van der Waals surface area contributed by atoms with Gasteiger partial charge in [0.25, 0.3) is 0 Å². The van der Waals surface area contributed by atoms with Crippen LogP contribution in [0, 0.1) is 34.6 Å². The van der Waals surface area contributed by atoms with Crippen molar-refractivity contribution in [3.63, 3.8) is 0 Å². The average Bonchev–Trinajstić information content (AvgIpc) is 3.14. The van der Waals surface area contributed by atoms with E-state index in [0.29, 0.717) is 0 Å². The molecule has 0 aliphatic heterocycles. The van der Waals surface area contributed by atoms with Gasteiger partial charge >= 0.3 is 0 Å². The molecule has 0 aliphatic carbocycles. The Labute approximate surface area is 167 Å². The Morgan fingerprint density at radius 1 is 0.857 bits per heavy atom. The van der Waals surface area contributed by atoms with Crippen molar-refractivity contribution in [1.29, 1.82) is 0 Å². The highest BCUT2D eigenvalue weighted by atomic mass is 15.3. The van der Waals surface area contributed by atoms with Crippen molar-refractivity contribution in [3.8, 4) is 11.1 Å². The quantitative estimate of drug-likeness (QED) is 0.448.